The van der Waals surface area contributed by atoms with Crippen LogP contribution in [0.3, 0.4) is 0 Å². The van der Waals surface area contributed by atoms with E-state index in [1.54, 1.807) is 45.0 Å². The van der Waals surface area contributed by atoms with Crippen LogP contribution in [0.5, 0.6) is 0 Å². The van der Waals surface area contributed by atoms with Gasteiger partial charge < -0.3 is 9.64 Å². The second-order valence-corrected chi connectivity index (χ2v) is 5.18. The van der Waals surface area contributed by atoms with Gasteiger partial charge in [0.05, 0.1) is 0 Å². The van der Waals surface area contributed by atoms with Crippen molar-refractivity contribution < 1.29 is 15.7 Å². The van der Waals surface area contributed by atoms with E-state index < -0.39 is 17.1 Å². The Morgan fingerprint density at radius 3 is 2.32 bits per heavy atom. The smallest absolute Gasteiger partial charge is 0.412 e. The van der Waals surface area contributed by atoms with E-state index in [0.29, 0.717) is 11.4 Å². The molecule has 0 unspecified atom stereocenters. The molecule has 1 aromatic rings. The number of hydrogen-bond acceptors (Lipinski definition) is 3. The first-order valence-corrected chi connectivity index (χ1v) is 5.97. The zero-order valence-electron chi connectivity index (χ0n) is 12.1. The molecule has 0 aliphatic rings. The third-order valence-electron chi connectivity index (χ3n) is 2.04. The van der Waals surface area contributed by atoms with Crippen LogP contribution in [0.1, 0.15) is 22.1 Å². The summed E-state index contributed by atoms with van der Waals surface area (Å²) in [5, 5.41) is 1.84. The number of carbonyl (C=O) groups excluding carboxylic acids is 2. The Bertz CT molecular complexity index is 485. The molecule has 5 nitrogen and oxygen atoms in total. The molecule has 1 N–H and O–H groups in total. The van der Waals surface area contributed by atoms with Gasteiger partial charge >= 0.3 is 11.5 Å². The van der Waals surface area contributed by atoms with Crippen LogP contribution in [0.15, 0.2) is 24.3 Å². The third kappa shape index (κ3) is 5.18. The number of rotatable bonds is 2. The van der Waals surface area contributed by atoms with Gasteiger partial charge in [0.2, 0.25) is 0 Å². The molecule has 6 heteroatoms. The average molecular weight is 287 g/mol. The summed E-state index contributed by atoms with van der Waals surface area (Å²) < 4.78 is 12.3. The highest BCUT2D eigenvalue weighted by Gasteiger charge is 2.16. The zero-order chi connectivity index (χ0) is 15.3. The van der Waals surface area contributed by atoms with Crippen molar-refractivity contribution in [1.29, 1.82) is 0 Å². The Kier molecular flexibility index (Phi) is 4.27. The van der Waals surface area contributed by atoms with E-state index in [1.165, 1.54) is 0 Å². The van der Waals surface area contributed by atoms with Crippen LogP contribution >= 0.6 is 11.6 Å². The molecule has 0 spiro atoms. The monoisotopic (exact) mass is 286 g/mol. The van der Waals surface area contributed by atoms with Gasteiger partial charge in [0.25, 0.3) is 0 Å². The maximum absolute atomic E-state index is 11.6. The first-order chi connectivity index (χ1) is 9.23. The lowest BCUT2D eigenvalue weighted by molar-refractivity contribution is 0.0636. The lowest BCUT2D eigenvalue weighted by atomic mass is 10.2. The van der Waals surface area contributed by atoms with Crippen molar-refractivity contribution >= 4 is 34.4 Å². The van der Waals surface area contributed by atoms with Crippen LogP contribution in [0.25, 0.3) is 0 Å². The number of hydrogen-bond donors (Lipinski definition) is 1. The number of ether oxygens (including phenoxy) is 1. The Hall–Kier alpha value is -1.75. The van der Waals surface area contributed by atoms with Gasteiger partial charge in [0.1, 0.15) is 5.60 Å². The summed E-state index contributed by atoms with van der Waals surface area (Å²) in [6.45, 7) is 5.32. The van der Waals surface area contributed by atoms with Gasteiger partial charge in [-0.15, -0.1) is 0 Å². The summed E-state index contributed by atoms with van der Waals surface area (Å²) in [4.78, 5) is 23.7. The van der Waals surface area contributed by atoms with E-state index in [0.717, 1.165) is 4.90 Å². The van der Waals surface area contributed by atoms with Gasteiger partial charge in [-0.1, -0.05) is 0 Å². The van der Waals surface area contributed by atoms with Crippen LogP contribution in [-0.4, -0.2) is 24.1 Å². The molecule has 2 amide bonds. The molecule has 0 atom stereocenters. The maximum atomic E-state index is 11.6. The van der Waals surface area contributed by atoms with Crippen molar-refractivity contribution in [2.75, 3.05) is 17.2 Å². The molecule has 0 saturated heterocycles. The van der Waals surface area contributed by atoms with E-state index in [2.05, 4.69) is 5.32 Å². The van der Waals surface area contributed by atoms with Crippen molar-refractivity contribution in [1.82, 2.24) is 0 Å². The van der Waals surface area contributed by atoms with Gasteiger partial charge in [-0.25, -0.2) is 4.79 Å². The maximum Gasteiger partial charge on any atom is 0.412 e. The van der Waals surface area contributed by atoms with Crippen molar-refractivity contribution in [2.45, 2.75) is 26.4 Å². The predicted octanol–water partition coefficient (Wildman–Crippen LogP) is 3.83. The number of anilines is 2. The lowest BCUT2D eigenvalue weighted by Crippen LogP contribution is -2.27. The van der Waals surface area contributed by atoms with Crippen LogP contribution < -0.4 is 10.2 Å². The molecule has 1 rings (SSSR count). The Labute approximate surface area is 118 Å². The Morgan fingerprint density at radius 2 is 1.89 bits per heavy atom. The molecule has 19 heavy (non-hydrogen) atoms. The fraction of sp³-hybridized carbons (Fsp3) is 0.385. The van der Waals surface area contributed by atoms with Gasteiger partial charge in [0, 0.05) is 19.8 Å². The summed E-state index contributed by atoms with van der Waals surface area (Å²) in [7, 11) is -0.277. The predicted molar refractivity (Wildman–Crippen MR) is 76.0 cm³/mol. The normalized spacial score (nSPS) is 11.5. The Balaban J connectivity index is 2.72. The highest BCUT2D eigenvalue weighted by Crippen LogP contribution is 2.18. The van der Waals surface area contributed by atoms with E-state index in [4.69, 9.17) is 17.7 Å². The second-order valence-electron chi connectivity index (χ2n) is 4.85. The molecule has 0 heterocycles. The summed E-state index contributed by atoms with van der Waals surface area (Å²) >= 11 is 5.35. The summed E-state index contributed by atoms with van der Waals surface area (Å²) in [6.07, 6.45) is -0.559. The molecule has 0 bridgehead atoms. The van der Waals surface area contributed by atoms with Gasteiger partial charge in [-0.3, -0.25) is 10.1 Å². The highest BCUT2D eigenvalue weighted by molar-refractivity contribution is 6.66. The van der Waals surface area contributed by atoms with Crippen molar-refractivity contribution in [2.24, 2.45) is 0 Å². The first-order valence-electron chi connectivity index (χ1n) is 6.30. The van der Waals surface area contributed by atoms with Gasteiger partial charge in [-0.05, 0) is 56.6 Å². The minimum atomic E-state index is -0.729. The van der Waals surface area contributed by atoms with Crippen LogP contribution in [0.2, 0.25) is 0 Å². The largest absolute Gasteiger partial charge is 0.444 e. The summed E-state index contributed by atoms with van der Waals surface area (Å²) in [5.41, 5.74) is 0.432. The van der Waals surface area contributed by atoms with Crippen molar-refractivity contribution in [3.8, 4) is 0 Å². The molecule has 0 saturated carbocycles. The number of nitrogens with zero attached hydrogens (tertiary/aromatic N) is 1. The molecule has 0 radical (unpaired) electrons. The molecular weight excluding hydrogens is 268 g/mol. The number of benzene rings is 1. The zero-order valence-corrected chi connectivity index (χ0v) is 11.8. The number of halogens is 1. The quantitative estimate of drug-likeness (QED) is 0.664. The highest BCUT2D eigenvalue weighted by atomic mass is 35.5. The molecule has 1 aromatic carbocycles. The number of carbonyl (C=O) groups is 2. The third-order valence-corrected chi connectivity index (χ3v) is 2.24. The fourth-order valence-electron chi connectivity index (χ4n) is 1.25. The molecule has 0 fully saturated rings. The molecule has 0 aliphatic carbocycles. The minimum absolute atomic E-state index is 0.277. The van der Waals surface area contributed by atoms with Crippen molar-refractivity contribution in [3.05, 3.63) is 24.3 Å². The number of nitrogens with one attached hydrogen (secondary N) is 1. The topological polar surface area (TPSA) is 58.6 Å². The second kappa shape index (κ2) is 5.93. The first kappa shape index (κ1) is 13.7. The van der Waals surface area contributed by atoms with E-state index >= 15 is 0 Å². The van der Waals surface area contributed by atoms with E-state index in [-0.39, 0.29) is 7.02 Å². The fourth-order valence-corrected chi connectivity index (χ4v) is 1.35. The molecule has 104 valence electrons. The minimum Gasteiger partial charge on any atom is -0.444 e. The standard InChI is InChI=1S/C13H17ClN2O3/c1-13(2,3)19-12(18)15-9-5-7-10(8-6-9)16(4)11(14)17/h5-8H,1-4H3,(H,15,18)/i4T. The molecule has 0 aliphatic heterocycles. The SMILES string of the molecule is [3H]CN(C(=O)Cl)c1ccc(NC(=O)OC(C)(C)C)cc1. The van der Waals surface area contributed by atoms with Crippen molar-refractivity contribution in [3.63, 3.8) is 0 Å². The average Bonchev–Trinajstić information content (AvgIpc) is 2.29. The lowest BCUT2D eigenvalue weighted by Gasteiger charge is -2.20. The Morgan fingerprint density at radius 1 is 1.32 bits per heavy atom. The van der Waals surface area contributed by atoms with Crippen LogP contribution in [0, 0.1) is 0 Å². The summed E-state index contributed by atoms with van der Waals surface area (Å²) in [6, 6.07) is 6.37. The van der Waals surface area contributed by atoms with Gasteiger partial charge in [-0.2, -0.15) is 0 Å². The van der Waals surface area contributed by atoms with E-state index in [1.807, 2.05) is 0 Å². The molecule has 0 aromatic heterocycles. The van der Waals surface area contributed by atoms with Gasteiger partial charge in [0.15, 0.2) is 0 Å². The number of amides is 2. The molecular formula is C13H17ClN2O3. The summed E-state index contributed by atoms with van der Waals surface area (Å²) in [5.74, 6) is 0. The van der Waals surface area contributed by atoms with E-state index in [9.17, 15) is 9.59 Å². The van der Waals surface area contributed by atoms with Crippen LogP contribution in [-0.2, 0) is 4.74 Å². The van der Waals surface area contributed by atoms with Crippen LogP contribution in [0.4, 0.5) is 21.0 Å².